The van der Waals surface area contributed by atoms with E-state index in [0.29, 0.717) is 18.8 Å². The summed E-state index contributed by atoms with van der Waals surface area (Å²) >= 11 is 0. The molecule has 0 aromatic carbocycles. The molecule has 0 aromatic rings. The van der Waals surface area contributed by atoms with Crippen molar-refractivity contribution in [2.45, 2.75) is 57.8 Å². The van der Waals surface area contributed by atoms with Gasteiger partial charge in [0, 0.05) is 6.54 Å². The molecule has 1 saturated carbocycles. The van der Waals surface area contributed by atoms with E-state index in [9.17, 15) is 4.79 Å². The molecular formula is C12H21NO3. The van der Waals surface area contributed by atoms with Crippen LogP contribution in [0, 0.1) is 5.92 Å². The number of rotatable bonds is 3. The Labute approximate surface area is 96.7 Å². The molecule has 92 valence electrons. The van der Waals surface area contributed by atoms with Gasteiger partial charge in [0.05, 0.1) is 12.2 Å². The van der Waals surface area contributed by atoms with Crippen molar-refractivity contribution >= 4 is 6.09 Å². The van der Waals surface area contributed by atoms with Crippen molar-refractivity contribution in [2.75, 3.05) is 6.54 Å². The number of alkyl carbamates (subject to hydrolysis) is 1. The lowest BCUT2D eigenvalue weighted by Gasteiger charge is -2.20. The number of ether oxygens (including phenoxy) is 2. The first-order chi connectivity index (χ1) is 7.44. The monoisotopic (exact) mass is 227 g/mol. The van der Waals surface area contributed by atoms with Gasteiger partial charge in [-0.1, -0.05) is 0 Å². The van der Waals surface area contributed by atoms with Crippen LogP contribution in [-0.4, -0.2) is 30.4 Å². The molecule has 0 spiro atoms. The number of amides is 1. The summed E-state index contributed by atoms with van der Waals surface area (Å²) in [5.74, 6) is 0.721. The molecule has 1 aliphatic carbocycles. The highest BCUT2D eigenvalue weighted by Crippen LogP contribution is 2.43. The smallest absolute Gasteiger partial charge is 0.407 e. The number of hydrogen-bond donors (Lipinski definition) is 1. The number of nitrogens with one attached hydrogen (secondary N) is 1. The van der Waals surface area contributed by atoms with Crippen LogP contribution in [0.3, 0.4) is 0 Å². The van der Waals surface area contributed by atoms with Crippen molar-refractivity contribution in [2.24, 2.45) is 5.92 Å². The Hall–Kier alpha value is -0.770. The van der Waals surface area contributed by atoms with Crippen molar-refractivity contribution in [1.82, 2.24) is 5.32 Å². The van der Waals surface area contributed by atoms with Gasteiger partial charge < -0.3 is 14.8 Å². The molecule has 2 atom stereocenters. The summed E-state index contributed by atoms with van der Waals surface area (Å²) in [5, 5.41) is 2.79. The maximum absolute atomic E-state index is 11.3. The Balaban J connectivity index is 1.55. The molecular weight excluding hydrogens is 206 g/mol. The van der Waals surface area contributed by atoms with Crippen molar-refractivity contribution in [3.63, 3.8) is 0 Å². The van der Waals surface area contributed by atoms with E-state index in [1.165, 1.54) is 12.8 Å². The maximum atomic E-state index is 11.3. The lowest BCUT2D eigenvalue weighted by molar-refractivity contribution is 0.0524. The van der Waals surface area contributed by atoms with Gasteiger partial charge in [0.2, 0.25) is 0 Å². The van der Waals surface area contributed by atoms with E-state index in [4.69, 9.17) is 9.47 Å². The molecule has 1 aliphatic heterocycles. The zero-order chi connectivity index (χ0) is 11.8. The van der Waals surface area contributed by atoms with Crippen LogP contribution in [0.25, 0.3) is 0 Å². The molecule has 0 aromatic heterocycles. The highest BCUT2D eigenvalue weighted by Gasteiger charge is 2.47. The van der Waals surface area contributed by atoms with Gasteiger partial charge >= 0.3 is 6.09 Å². The average Bonchev–Trinajstić information content (AvgIpc) is 2.71. The van der Waals surface area contributed by atoms with Crippen LogP contribution >= 0.6 is 0 Å². The topological polar surface area (TPSA) is 50.9 Å². The van der Waals surface area contributed by atoms with Crippen LogP contribution in [0.4, 0.5) is 4.79 Å². The zero-order valence-corrected chi connectivity index (χ0v) is 10.3. The second-order valence-corrected chi connectivity index (χ2v) is 5.77. The Kier molecular flexibility index (Phi) is 3.10. The van der Waals surface area contributed by atoms with Crippen LogP contribution in [0.15, 0.2) is 0 Å². The van der Waals surface area contributed by atoms with Crippen molar-refractivity contribution in [1.29, 1.82) is 0 Å². The molecule has 1 heterocycles. The summed E-state index contributed by atoms with van der Waals surface area (Å²) in [7, 11) is 0. The van der Waals surface area contributed by atoms with Crippen molar-refractivity contribution in [3.8, 4) is 0 Å². The molecule has 2 aliphatic rings. The number of epoxide rings is 1. The fourth-order valence-electron chi connectivity index (χ4n) is 2.28. The number of carbonyl (C=O) groups is 1. The Morgan fingerprint density at radius 1 is 1.38 bits per heavy atom. The van der Waals surface area contributed by atoms with Crippen LogP contribution in [0.2, 0.25) is 0 Å². The molecule has 2 fully saturated rings. The summed E-state index contributed by atoms with van der Waals surface area (Å²) < 4.78 is 10.5. The molecule has 16 heavy (non-hydrogen) atoms. The fourth-order valence-corrected chi connectivity index (χ4v) is 2.28. The zero-order valence-electron chi connectivity index (χ0n) is 10.3. The van der Waals surface area contributed by atoms with Crippen LogP contribution in [0.5, 0.6) is 0 Å². The van der Waals surface area contributed by atoms with Gasteiger partial charge in [-0.2, -0.15) is 0 Å². The van der Waals surface area contributed by atoms with Gasteiger partial charge in [-0.05, 0) is 46.0 Å². The molecule has 2 unspecified atom stereocenters. The van der Waals surface area contributed by atoms with Crippen LogP contribution in [0.1, 0.15) is 40.0 Å². The molecule has 1 N–H and O–H groups in total. The third kappa shape index (κ3) is 3.37. The third-order valence-corrected chi connectivity index (χ3v) is 3.04. The summed E-state index contributed by atoms with van der Waals surface area (Å²) in [4.78, 5) is 11.3. The lowest BCUT2D eigenvalue weighted by Crippen LogP contribution is -2.33. The molecule has 1 saturated heterocycles. The summed E-state index contributed by atoms with van der Waals surface area (Å²) in [5.41, 5.74) is -0.410. The van der Waals surface area contributed by atoms with Crippen molar-refractivity contribution < 1.29 is 14.3 Å². The number of hydrogen-bond acceptors (Lipinski definition) is 3. The number of carbonyl (C=O) groups excluding carboxylic acids is 1. The molecule has 4 nitrogen and oxygen atoms in total. The minimum Gasteiger partial charge on any atom is -0.444 e. The van der Waals surface area contributed by atoms with Crippen LogP contribution < -0.4 is 5.32 Å². The molecule has 0 radical (unpaired) electrons. The van der Waals surface area contributed by atoms with Gasteiger partial charge in [-0.3, -0.25) is 0 Å². The second kappa shape index (κ2) is 4.24. The fraction of sp³-hybridized carbons (Fsp3) is 0.917. The predicted octanol–water partition coefficient (Wildman–Crippen LogP) is 2.08. The van der Waals surface area contributed by atoms with E-state index in [1.54, 1.807) is 0 Å². The largest absolute Gasteiger partial charge is 0.444 e. The van der Waals surface area contributed by atoms with Gasteiger partial charge in [0.15, 0.2) is 0 Å². The normalized spacial score (nSPS) is 32.1. The second-order valence-electron chi connectivity index (χ2n) is 5.77. The first-order valence-corrected chi connectivity index (χ1v) is 6.06. The van der Waals surface area contributed by atoms with E-state index in [1.807, 2.05) is 20.8 Å². The van der Waals surface area contributed by atoms with E-state index >= 15 is 0 Å². The summed E-state index contributed by atoms with van der Waals surface area (Å²) in [6.07, 6.45) is 4.13. The lowest BCUT2D eigenvalue weighted by atomic mass is 10.0. The summed E-state index contributed by atoms with van der Waals surface area (Å²) in [6, 6.07) is 0. The summed E-state index contributed by atoms with van der Waals surface area (Å²) in [6.45, 7) is 6.32. The molecule has 2 rings (SSSR count). The van der Waals surface area contributed by atoms with Gasteiger partial charge in [-0.25, -0.2) is 4.79 Å². The van der Waals surface area contributed by atoms with E-state index in [0.717, 1.165) is 12.3 Å². The SMILES string of the molecule is CC(C)(C)OC(=O)NCCC1CC2OC2C1. The highest BCUT2D eigenvalue weighted by atomic mass is 16.6. The van der Waals surface area contributed by atoms with E-state index in [-0.39, 0.29) is 6.09 Å². The maximum Gasteiger partial charge on any atom is 0.407 e. The Bertz CT molecular complexity index is 262. The first kappa shape index (κ1) is 11.7. The highest BCUT2D eigenvalue weighted by molar-refractivity contribution is 5.67. The molecule has 0 bridgehead atoms. The quantitative estimate of drug-likeness (QED) is 0.751. The van der Waals surface area contributed by atoms with Gasteiger partial charge in [-0.15, -0.1) is 0 Å². The van der Waals surface area contributed by atoms with Gasteiger partial charge in [0.25, 0.3) is 0 Å². The van der Waals surface area contributed by atoms with E-state index in [2.05, 4.69) is 5.32 Å². The van der Waals surface area contributed by atoms with Crippen LogP contribution in [-0.2, 0) is 9.47 Å². The minimum atomic E-state index is -0.410. The minimum absolute atomic E-state index is 0.313. The molecule has 1 amide bonds. The Morgan fingerprint density at radius 3 is 2.56 bits per heavy atom. The third-order valence-electron chi connectivity index (χ3n) is 3.04. The number of fused-ring (bicyclic) bond motifs is 1. The Morgan fingerprint density at radius 2 is 2.00 bits per heavy atom. The first-order valence-electron chi connectivity index (χ1n) is 6.06. The predicted molar refractivity (Wildman–Crippen MR) is 60.2 cm³/mol. The van der Waals surface area contributed by atoms with Crippen molar-refractivity contribution in [3.05, 3.63) is 0 Å². The van der Waals surface area contributed by atoms with Gasteiger partial charge in [0.1, 0.15) is 5.60 Å². The standard InChI is InChI=1S/C12H21NO3/c1-12(2,3)16-11(14)13-5-4-8-6-9-10(7-8)15-9/h8-10H,4-7H2,1-3H3,(H,13,14). The van der Waals surface area contributed by atoms with E-state index < -0.39 is 5.60 Å². The average molecular weight is 227 g/mol. The molecule has 4 heteroatoms.